The normalized spacial score (nSPS) is 39.6. The summed E-state index contributed by atoms with van der Waals surface area (Å²) in [6.45, 7) is 11.2. The second-order valence-corrected chi connectivity index (χ2v) is 8.29. The number of nitrogens with zero attached hydrogens (tertiary/aromatic N) is 1. The molecule has 2 aliphatic carbocycles. The number of hydrogen-bond acceptors (Lipinski definition) is 2. The van der Waals surface area contributed by atoms with E-state index in [1.165, 1.54) is 58.2 Å². The summed E-state index contributed by atoms with van der Waals surface area (Å²) in [7, 11) is 0. The third kappa shape index (κ3) is 3.64. The Balaban J connectivity index is 1.47. The molecule has 3 fully saturated rings. The van der Waals surface area contributed by atoms with Gasteiger partial charge in [-0.05, 0) is 89.1 Å². The fraction of sp³-hybridized carbons (Fsp3) is 1.00. The van der Waals surface area contributed by atoms with Gasteiger partial charge in [0.2, 0.25) is 0 Å². The van der Waals surface area contributed by atoms with Crippen molar-refractivity contribution < 1.29 is 0 Å². The Morgan fingerprint density at radius 1 is 1.10 bits per heavy atom. The molecule has 2 heteroatoms. The van der Waals surface area contributed by atoms with E-state index < -0.39 is 0 Å². The molecule has 2 saturated carbocycles. The average Bonchev–Trinajstić information content (AvgIpc) is 3.10. The highest BCUT2D eigenvalue weighted by Gasteiger charge is 2.42. The van der Waals surface area contributed by atoms with E-state index in [0.29, 0.717) is 6.04 Å². The van der Waals surface area contributed by atoms with Crippen LogP contribution in [0, 0.1) is 23.7 Å². The Kier molecular flexibility index (Phi) is 5.27. The topological polar surface area (TPSA) is 15.3 Å². The lowest BCUT2D eigenvalue weighted by atomic mass is 9.83. The van der Waals surface area contributed by atoms with Gasteiger partial charge >= 0.3 is 0 Å². The van der Waals surface area contributed by atoms with Crippen molar-refractivity contribution in [1.82, 2.24) is 10.2 Å². The zero-order valence-electron chi connectivity index (χ0n) is 14.5. The molecule has 21 heavy (non-hydrogen) atoms. The summed E-state index contributed by atoms with van der Waals surface area (Å²) in [5.74, 6) is 3.97. The third-order valence-corrected chi connectivity index (χ3v) is 6.75. The molecule has 0 aromatic rings. The zero-order valence-corrected chi connectivity index (χ0v) is 14.5. The SMILES string of the molecule is CCCN1CCCC(C(C)NC(C)C2CC3CCC2C3)C1. The van der Waals surface area contributed by atoms with E-state index in [1.807, 2.05) is 0 Å². The van der Waals surface area contributed by atoms with Gasteiger partial charge in [-0.1, -0.05) is 13.3 Å². The number of likely N-dealkylation sites (tertiary alicyclic amines) is 1. The lowest BCUT2D eigenvalue weighted by molar-refractivity contribution is 0.138. The molecular formula is C19H36N2. The molecule has 0 aromatic carbocycles. The number of rotatable bonds is 6. The summed E-state index contributed by atoms with van der Waals surface area (Å²) < 4.78 is 0. The van der Waals surface area contributed by atoms with E-state index in [0.717, 1.165) is 29.7 Å². The molecule has 0 amide bonds. The molecule has 3 aliphatic rings. The van der Waals surface area contributed by atoms with E-state index in [4.69, 9.17) is 0 Å². The highest BCUT2D eigenvalue weighted by atomic mass is 15.1. The molecule has 1 N–H and O–H groups in total. The minimum absolute atomic E-state index is 0.693. The zero-order chi connectivity index (χ0) is 14.8. The van der Waals surface area contributed by atoms with Crippen molar-refractivity contribution >= 4 is 0 Å². The quantitative estimate of drug-likeness (QED) is 0.798. The first-order chi connectivity index (χ1) is 10.2. The first-order valence-electron chi connectivity index (χ1n) is 9.65. The Labute approximate surface area is 132 Å². The Bertz CT molecular complexity index is 328. The van der Waals surface area contributed by atoms with Crippen molar-refractivity contribution in [2.45, 2.75) is 77.8 Å². The van der Waals surface area contributed by atoms with E-state index in [2.05, 4.69) is 31.0 Å². The van der Waals surface area contributed by atoms with Crippen LogP contribution in [0.3, 0.4) is 0 Å². The van der Waals surface area contributed by atoms with Crippen molar-refractivity contribution in [2.24, 2.45) is 23.7 Å². The lowest BCUT2D eigenvalue weighted by Gasteiger charge is -2.38. The summed E-state index contributed by atoms with van der Waals surface area (Å²) in [5.41, 5.74) is 0. The van der Waals surface area contributed by atoms with Crippen LogP contribution < -0.4 is 5.32 Å². The van der Waals surface area contributed by atoms with Crippen LogP contribution in [0.1, 0.15) is 65.7 Å². The largest absolute Gasteiger partial charge is 0.311 e. The third-order valence-electron chi connectivity index (χ3n) is 6.75. The predicted octanol–water partition coefficient (Wildman–Crippen LogP) is 3.91. The lowest BCUT2D eigenvalue weighted by Crippen LogP contribution is -2.49. The molecule has 0 spiro atoms. The Morgan fingerprint density at radius 3 is 2.62 bits per heavy atom. The molecule has 2 nitrogen and oxygen atoms in total. The van der Waals surface area contributed by atoms with Gasteiger partial charge in [-0.15, -0.1) is 0 Å². The Hall–Kier alpha value is -0.0800. The summed E-state index contributed by atoms with van der Waals surface area (Å²) in [4.78, 5) is 2.69. The maximum absolute atomic E-state index is 4.01. The smallest absolute Gasteiger partial charge is 0.00818 e. The number of nitrogens with one attached hydrogen (secondary N) is 1. The summed E-state index contributed by atoms with van der Waals surface area (Å²) in [6, 6.07) is 1.43. The molecule has 1 heterocycles. The van der Waals surface area contributed by atoms with Crippen LogP contribution in [-0.2, 0) is 0 Å². The number of hydrogen-bond donors (Lipinski definition) is 1. The van der Waals surface area contributed by atoms with Gasteiger partial charge in [0.1, 0.15) is 0 Å². The van der Waals surface area contributed by atoms with Crippen LogP contribution in [0.15, 0.2) is 0 Å². The monoisotopic (exact) mass is 292 g/mol. The number of piperidine rings is 1. The fourth-order valence-corrected chi connectivity index (χ4v) is 5.60. The van der Waals surface area contributed by atoms with E-state index in [-0.39, 0.29) is 0 Å². The molecule has 3 rings (SSSR count). The van der Waals surface area contributed by atoms with Gasteiger partial charge in [0, 0.05) is 18.6 Å². The van der Waals surface area contributed by atoms with Crippen molar-refractivity contribution in [3.8, 4) is 0 Å². The molecule has 1 saturated heterocycles. The maximum Gasteiger partial charge on any atom is 0.00818 e. The second-order valence-electron chi connectivity index (χ2n) is 8.29. The molecular weight excluding hydrogens is 256 g/mol. The molecule has 122 valence electrons. The first kappa shape index (κ1) is 15.8. The van der Waals surface area contributed by atoms with Gasteiger partial charge in [-0.3, -0.25) is 0 Å². The highest BCUT2D eigenvalue weighted by molar-refractivity contribution is 4.95. The Morgan fingerprint density at radius 2 is 1.95 bits per heavy atom. The van der Waals surface area contributed by atoms with Crippen LogP contribution in [-0.4, -0.2) is 36.6 Å². The van der Waals surface area contributed by atoms with E-state index in [1.54, 1.807) is 6.42 Å². The van der Waals surface area contributed by atoms with Crippen LogP contribution in [0.2, 0.25) is 0 Å². The van der Waals surface area contributed by atoms with Crippen molar-refractivity contribution in [2.75, 3.05) is 19.6 Å². The molecule has 0 aromatic heterocycles. The van der Waals surface area contributed by atoms with Gasteiger partial charge in [0.15, 0.2) is 0 Å². The fourth-order valence-electron chi connectivity index (χ4n) is 5.60. The second kappa shape index (κ2) is 7.00. The standard InChI is InChI=1S/C19H36N2/c1-4-9-21-10-5-6-18(13-21)14(2)20-15(3)19-12-16-7-8-17(19)11-16/h14-20H,4-13H2,1-3H3. The van der Waals surface area contributed by atoms with E-state index in [9.17, 15) is 0 Å². The van der Waals surface area contributed by atoms with Crippen molar-refractivity contribution in [1.29, 1.82) is 0 Å². The average molecular weight is 293 g/mol. The molecule has 0 radical (unpaired) electrons. The van der Waals surface area contributed by atoms with Gasteiger partial charge in [0.25, 0.3) is 0 Å². The minimum atomic E-state index is 0.693. The maximum atomic E-state index is 4.01. The number of fused-ring (bicyclic) bond motifs is 2. The minimum Gasteiger partial charge on any atom is -0.311 e. The summed E-state index contributed by atoms with van der Waals surface area (Å²) >= 11 is 0. The molecule has 1 aliphatic heterocycles. The van der Waals surface area contributed by atoms with Crippen LogP contribution in [0.4, 0.5) is 0 Å². The predicted molar refractivity (Wildman–Crippen MR) is 90.5 cm³/mol. The summed E-state index contributed by atoms with van der Waals surface area (Å²) in [5, 5.41) is 4.01. The van der Waals surface area contributed by atoms with Crippen molar-refractivity contribution in [3.63, 3.8) is 0 Å². The van der Waals surface area contributed by atoms with Crippen molar-refractivity contribution in [3.05, 3.63) is 0 Å². The van der Waals surface area contributed by atoms with Crippen LogP contribution in [0.5, 0.6) is 0 Å². The van der Waals surface area contributed by atoms with Gasteiger partial charge < -0.3 is 10.2 Å². The summed E-state index contributed by atoms with van der Waals surface area (Å²) in [6.07, 6.45) is 10.2. The van der Waals surface area contributed by atoms with Gasteiger partial charge in [-0.2, -0.15) is 0 Å². The molecule has 6 atom stereocenters. The molecule has 2 bridgehead atoms. The van der Waals surface area contributed by atoms with Gasteiger partial charge in [0.05, 0.1) is 0 Å². The van der Waals surface area contributed by atoms with Crippen LogP contribution in [0.25, 0.3) is 0 Å². The van der Waals surface area contributed by atoms with Gasteiger partial charge in [-0.25, -0.2) is 0 Å². The van der Waals surface area contributed by atoms with E-state index >= 15 is 0 Å². The molecule has 6 unspecified atom stereocenters. The van der Waals surface area contributed by atoms with Crippen LogP contribution >= 0.6 is 0 Å². The highest BCUT2D eigenvalue weighted by Crippen LogP contribution is 2.49. The first-order valence-corrected chi connectivity index (χ1v) is 9.65.